The Bertz CT molecular complexity index is 410. The molecule has 1 aromatic carbocycles. The first-order valence-corrected chi connectivity index (χ1v) is 6.31. The summed E-state index contributed by atoms with van der Waals surface area (Å²) in [6, 6.07) is 3.26. The topological polar surface area (TPSA) is 41.5 Å². The number of rotatable bonds is 7. The van der Waals surface area contributed by atoms with Gasteiger partial charge in [0, 0.05) is 31.3 Å². The molecule has 0 fully saturated rings. The Morgan fingerprint density at radius 2 is 2.11 bits per heavy atom. The van der Waals surface area contributed by atoms with E-state index in [-0.39, 0.29) is 18.2 Å². The number of aliphatic hydroxyl groups is 1. The van der Waals surface area contributed by atoms with Gasteiger partial charge >= 0.3 is 0 Å². The quantitative estimate of drug-likeness (QED) is 0.800. The van der Waals surface area contributed by atoms with Crippen molar-refractivity contribution in [2.75, 3.05) is 20.3 Å². The second kappa shape index (κ2) is 6.93. The molecule has 0 amide bonds. The lowest BCUT2D eigenvalue weighted by Crippen LogP contribution is -2.42. The summed E-state index contributed by atoms with van der Waals surface area (Å²) in [5.74, 6) is -1.40. The van der Waals surface area contributed by atoms with E-state index in [9.17, 15) is 13.9 Å². The second-order valence-corrected chi connectivity index (χ2v) is 4.84. The zero-order chi connectivity index (χ0) is 14.5. The maximum absolute atomic E-state index is 13.6. The second-order valence-electron chi connectivity index (χ2n) is 4.84. The fraction of sp³-hybridized carbons (Fsp3) is 0.571. The highest BCUT2D eigenvalue weighted by Gasteiger charge is 2.27. The third-order valence-electron chi connectivity index (χ3n) is 3.11. The van der Waals surface area contributed by atoms with E-state index in [2.05, 4.69) is 5.32 Å². The third-order valence-corrected chi connectivity index (χ3v) is 3.11. The van der Waals surface area contributed by atoms with Crippen molar-refractivity contribution in [2.45, 2.75) is 31.9 Å². The van der Waals surface area contributed by atoms with E-state index in [0.29, 0.717) is 6.61 Å². The van der Waals surface area contributed by atoms with Crippen molar-refractivity contribution >= 4 is 0 Å². The molecule has 0 radical (unpaired) electrons. The van der Waals surface area contributed by atoms with Crippen molar-refractivity contribution in [2.24, 2.45) is 0 Å². The average molecular weight is 273 g/mol. The Hall–Kier alpha value is -1.04. The van der Waals surface area contributed by atoms with E-state index >= 15 is 0 Å². The molecule has 19 heavy (non-hydrogen) atoms. The van der Waals surface area contributed by atoms with Crippen LogP contribution in [0.25, 0.3) is 0 Å². The van der Waals surface area contributed by atoms with Gasteiger partial charge in [-0.15, -0.1) is 0 Å². The molecule has 0 bridgehead atoms. The summed E-state index contributed by atoms with van der Waals surface area (Å²) in [7, 11) is 1.60. The van der Waals surface area contributed by atoms with Crippen LogP contribution >= 0.6 is 0 Å². The summed E-state index contributed by atoms with van der Waals surface area (Å²) in [6.07, 6.45) is 0.829. The Labute approximate surface area is 112 Å². The Morgan fingerprint density at radius 1 is 1.42 bits per heavy atom. The molecule has 0 aromatic heterocycles. The van der Waals surface area contributed by atoms with E-state index in [4.69, 9.17) is 4.74 Å². The molecule has 1 aromatic rings. The number of halogens is 2. The van der Waals surface area contributed by atoms with Crippen molar-refractivity contribution < 1.29 is 18.6 Å². The van der Waals surface area contributed by atoms with Gasteiger partial charge in [-0.25, -0.2) is 8.78 Å². The summed E-state index contributed by atoms with van der Waals surface area (Å²) < 4.78 is 31.5. The van der Waals surface area contributed by atoms with Crippen LogP contribution in [-0.2, 0) is 10.3 Å². The predicted molar refractivity (Wildman–Crippen MR) is 69.9 cm³/mol. The summed E-state index contributed by atoms with van der Waals surface area (Å²) in [6.45, 7) is 4.16. The minimum atomic E-state index is -1.40. The molecule has 5 heteroatoms. The van der Waals surface area contributed by atoms with Gasteiger partial charge in [-0.2, -0.15) is 0 Å². The zero-order valence-electron chi connectivity index (χ0n) is 11.5. The van der Waals surface area contributed by atoms with Crippen LogP contribution in [-0.4, -0.2) is 31.4 Å². The SMILES string of the molecule is CCC(COC)NCC(C)(O)c1ccc(F)cc1F. The van der Waals surface area contributed by atoms with Gasteiger partial charge in [0.2, 0.25) is 0 Å². The minimum absolute atomic E-state index is 0.0775. The Balaban J connectivity index is 2.74. The Kier molecular flexibility index (Phi) is 5.85. The van der Waals surface area contributed by atoms with E-state index in [0.717, 1.165) is 18.6 Å². The van der Waals surface area contributed by atoms with E-state index in [1.165, 1.54) is 13.0 Å². The summed E-state index contributed by atoms with van der Waals surface area (Å²) in [5, 5.41) is 13.4. The highest BCUT2D eigenvalue weighted by atomic mass is 19.1. The highest BCUT2D eigenvalue weighted by Crippen LogP contribution is 2.23. The third kappa shape index (κ3) is 4.53. The summed E-state index contributed by atoms with van der Waals surface area (Å²) in [5.41, 5.74) is -1.33. The van der Waals surface area contributed by atoms with Crippen molar-refractivity contribution in [3.63, 3.8) is 0 Å². The maximum atomic E-state index is 13.6. The molecule has 0 saturated heterocycles. The number of hydrogen-bond acceptors (Lipinski definition) is 3. The average Bonchev–Trinajstić information content (AvgIpc) is 2.34. The summed E-state index contributed by atoms with van der Waals surface area (Å²) >= 11 is 0. The zero-order valence-corrected chi connectivity index (χ0v) is 11.5. The molecule has 108 valence electrons. The molecule has 0 saturated carbocycles. The van der Waals surface area contributed by atoms with E-state index in [1.54, 1.807) is 7.11 Å². The van der Waals surface area contributed by atoms with Crippen LogP contribution in [0.5, 0.6) is 0 Å². The molecule has 2 unspecified atom stereocenters. The van der Waals surface area contributed by atoms with Crippen LogP contribution in [0.15, 0.2) is 18.2 Å². The van der Waals surface area contributed by atoms with Gasteiger partial charge in [-0.1, -0.05) is 13.0 Å². The van der Waals surface area contributed by atoms with Crippen LogP contribution < -0.4 is 5.32 Å². The lowest BCUT2D eigenvalue weighted by molar-refractivity contribution is 0.0451. The van der Waals surface area contributed by atoms with Gasteiger partial charge in [-0.3, -0.25) is 0 Å². The maximum Gasteiger partial charge on any atom is 0.132 e. The van der Waals surface area contributed by atoms with Gasteiger partial charge in [0.15, 0.2) is 0 Å². The number of methoxy groups -OCH3 is 1. The van der Waals surface area contributed by atoms with E-state index < -0.39 is 17.2 Å². The van der Waals surface area contributed by atoms with Crippen LogP contribution in [0.4, 0.5) is 8.78 Å². The van der Waals surface area contributed by atoms with E-state index in [1.807, 2.05) is 6.92 Å². The number of hydrogen-bond donors (Lipinski definition) is 2. The van der Waals surface area contributed by atoms with Crippen molar-refractivity contribution in [1.82, 2.24) is 5.32 Å². The smallest absolute Gasteiger partial charge is 0.132 e. The number of nitrogens with one attached hydrogen (secondary N) is 1. The molecule has 0 spiro atoms. The first-order valence-electron chi connectivity index (χ1n) is 6.31. The monoisotopic (exact) mass is 273 g/mol. The summed E-state index contributed by atoms with van der Waals surface area (Å²) in [4.78, 5) is 0. The van der Waals surface area contributed by atoms with Gasteiger partial charge in [0.25, 0.3) is 0 Å². The van der Waals surface area contributed by atoms with Crippen molar-refractivity contribution in [3.05, 3.63) is 35.4 Å². The van der Waals surface area contributed by atoms with Crippen LogP contribution in [0.3, 0.4) is 0 Å². The normalized spacial score (nSPS) is 16.1. The lowest BCUT2D eigenvalue weighted by Gasteiger charge is -2.27. The molecule has 2 N–H and O–H groups in total. The van der Waals surface area contributed by atoms with Gasteiger partial charge in [-0.05, 0) is 19.4 Å². The number of ether oxygens (including phenoxy) is 1. The van der Waals surface area contributed by atoms with Crippen LogP contribution in [0.1, 0.15) is 25.8 Å². The van der Waals surface area contributed by atoms with Crippen LogP contribution in [0, 0.1) is 11.6 Å². The first-order chi connectivity index (χ1) is 8.90. The van der Waals surface area contributed by atoms with Gasteiger partial charge in [0.1, 0.15) is 17.2 Å². The highest BCUT2D eigenvalue weighted by molar-refractivity contribution is 5.24. The standard InChI is InChI=1S/C14H21F2NO2/c1-4-11(8-19-3)17-9-14(2,18)12-6-5-10(15)7-13(12)16/h5-7,11,17-18H,4,8-9H2,1-3H3. The lowest BCUT2D eigenvalue weighted by atomic mass is 9.95. The Morgan fingerprint density at radius 3 is 2.63 bits per heavy atom. The van der Waals surface area contributed by atoms with Gasteiger partial charge in [0.05, 0.1) is 6.61 Å². The molecule has 0 aliphatic carbocycles. The molecule has 0 aliphatic rings. The van der Waals surface area contributed by atoms with Crippen molar-refractivity contribution in [3.8, 4) is 0 Å². The molecule has 0 aliphatic heterocycles. The molecule has 2 atom stereocenters. The fourth-order valence-corrected chi connectivity index (χ4v) is 1.89. The largest absolute Gasteiger partial charge is 0.384 e. The first kappa shape index (κ1) is 16.0. The number of benzene rings is 1. The van der Waals surface area contributed by atoms with Crippen molar-refractivity contribution in [1.29, 1.82) is 0 Å². The molecule has 1 rings (SSSR count). The van der Waals surface area contributed by atoms with Crippen LogP contribution in [0.2, 0.25) is 0 Å². The molecule has 3 nitrogen and oxygen atoms in total. The fourth-order valence-electron chi connectivity index (χ4n) is 1.89. The van der Waals surface area contributed by atoms with Gasteiger partial charge < -0.3 is 15.2 Å². The predicted octanol–water partition coefficient (Wildman–Crippen LogP) is 2.19. The molecular formula is C14H21F2NO2. The minimum Gasteiger partial charge on any atom is -0.384 e. The molecule has 0 heterocycles. The molecular weight excluding hydrogens is 252 g/mol.